The zero-order valence-corrected chi connectivity index (χ0v) is 4.03. The highest BCUT2D eigenvalue weighted by Crippen LogP contribution is 2.03. The van der Waals surface area contributed by atoms with Crippen molar-refractivity contribution in [3.8, 4) is 0 Å². The molecule has 2 heteroatoms. The van der Waals surface area contributed by atoms with Crippen LogP contribution in [0.5, 0.6) is 0 Å². The Morgan fingerprint density at radius 1 is 1.83 bits per heavy atom. The smallest absolute Gasteiger partial charge is 0.0892 e. The van der Waals surface area contributed by atoms with E-state index < -0.39 is 0 Å². The number of hydrogen-bond donors (Lipinski definition) is 0. The van der Waals surface area contributed by atoms with Gasteiger partial charge in [-0.2, -0.15) is 0 Å². The van der Waals surface area contributed by atoms with Crippen molar-refractivity contribution >= 4 is 18.0 Å². The molecule has 0 bridgehead atoms. The average Bonchev–Trinajstić information content (AvgIpc) is 1.72. The first-order chi connectivity index (χ1) is 3.00. The third-order valence-corrected chi connectivity index (χ3v) is 1.08. The van der Waals surface area contributed by atoms with E-state index in [1.165, 1.54) is 0 Å². The molecule has 1 heterocycles. The van der Waals surface area contributed by atoms with Crippen LogP contribution in [-0.2, 0) is 0 Å². The quantitative estimate of drug-likeness (QED) is 0.442. The summed E-state index contributed by atoms with van der Waals surface area (Å²) >= 11 is 1.69. The fourth-order valence-corrected chi connectivity index (χ4v) is 0.641. The van der Waals surface area contributed by atoms with E-state index in [0.717, 1.165) is 5.88 Å². The lowest BCUT2D eigenvalue weighted by Gasteiger charge is -1.87. The van der Waals surface area contributed by atoms with Gasteiger partial charge in [0.1, 0.15) is 0 Å². The molecule has 0 amide bonds. The van der Waals surface area contributed by atoms with E-state index in [1.807, 2.05) is 11.5 Å². The molecular weight excluding hydrogens is 94.1 g/mol. The molecule has 1 aliphatic heterocycles. The largest absolute Gasteiger partial charge is 0.272 e. The molecule has 1 radical (unpaired) electrons. The molecule has 0 aliphatic carbocycles. The van der Waals surface area contributed by atoms with E-state index in [9.17, 15) is 0 Å². The standard InChI is InChI=1S/C4H4NS/c1-2-5-4-6-3-1/h1,3H,4H2. The summed E-state index contributed by atoms with van der Waals surface area (Å²) in [6.07, 6.45) is 4.52. The monoisotopic (exact) mass is 98.0 g/mol. The fraction of sp³-hybridized carbons (Fsp3) is 0.250. The molecule has 31 valence electrons. The molecule has 1 nitrogen and oxygen atoms in total. The summed E-state index contributed by atoms with van der Waals surface area (Å²) in [7, 11) is 0. The molecule has 0 spiro atoms. The number of nitrogens with zero attached hydrogens (tertiary/aromatic N) is 1. The summed E-state index contributed by atoms with van der Waals surface area (Å²) in [4.78, 5) is 3.80. The summed E-state index contributed by atoms with van der Waals surface area (Å²) in [5, 5.41) is 1.98. The lowest BCUT2D eigenvalue weighted by molar-refractivity contribution is 1.40. The molecular formula is C4H4NS. The summed E-state index contributed by atoms with van der Waals surface area (Å²) in [6, 6.07) is 0. The van der Waals surface area contributed by atoms with E-state index in [4.69, 9.17) is 0 Å². The first kappa shape index (κ1) is 3.93. The lowest BCUT2D eigenvalue weighted by atomic mass is 10.7. The van der Waals surface area contributed by atoms with Crippen molar-refractivity contribution in [2.75, 3.05) is 5.88 Å². The van der Waals surface area contributed by atoms with Crippen LogP contribution in [0.1, 0.15) is 0 Å². The van der Waals surface area contributed by atoms with E-state index >= 15 is 0 Å². The molecule has 0 aromatic rings. The molecule has 0 aromatic heterocycles. The Kier molecular flexibility index (Phi) is 1.33. The predicted molar refractivity (Wildman–Crippen MR) is 29.0 cm³/mol. The van der Waals surface area contributed by atoms with Crippen LogP contribution in [0.3, 0.4) is 0 Å². The Hall–Kier alpha value is -0.240. The number of rotatable bonds is 0. The van der Waals surface area contributed by atoms with Crippen LogP contribution in [-0.4, -0.2) is 12.1 Å². The summed E-state index contributed by atoms with van der Waals surface area (Å²) < 4.78 is 0. The summed E-state index contributed by atoms with van der Waals surface area (Å²) in [5.74, 6) is 0.844. The van der Waals surface area contributed by atoms with Gasteiger partial charge in [0.2, 0.25) is 0 Å². The van der Waals surface area contributed by atoms with Crippen molar-refractivity contribution in [2.24, 2.45) is 4.99 Å². The van der Waals surface area contributed by atoms with Gasteiger partial charge in [0.05, 0.1) is 12.1 Å². The van der Waals surface area contributed by atoms with Crippen molar-refractivity contribution in [3.63, 3.8) is 0 Å². The van der Waals surface area contributed by atoms with Gasteiger partial charge in [0.25, 0.3) is 0 Å². The van der Waals surface area contributed by atoms with Gasteiger partial charge in [0, 0.05) is 0 Å². The normalized spacial score (nSPS) is 18.7. The minimum Gasteiger partial charge on any atom is -0.272 e. The van der Waals surface area contributed by atoms with Crippen LogP contribution in [0.25, 0.3) is 0 Å². The van der Waals surface area contributed by atoms with E-state index in [2.05, 4.69) is 11.2 Å². The molecule has 0 fully saturated rings. The molecule has 0 N–H and O–H groups in total. The molecule has 0 saturated carbocycles. The van der Waals surface area contributed by atoms with Gasteiger partial charge in [-0.1, -0.05) is 0 Å². The van der Waals surface area contributed by atoms with Crippen molar-refractivity contribution in [1.82, 2.24) is 0 Å². The van der Waals surface area contributed by atoms with Crippen molar-refractivity contribution in [2.45, 2.75) is 0 Å². The predicted octanol–water partition coefficient (Wildman–Crippen LogP) is 1.15. The van der Waals surface area contributed by atoms with Crippen LogP contribution in [0.2, 0.25) is 0 Å². The average molecular weight is 98.1 g/mol. The highest BCUT2D eigenvalue weighted by atomic mass is 32.2. The number of thioether (sulfide) groups is 1. The molecule has 0 aromatic carbocycles. The van der Waals surface area contributed by atoms with Crippen molar-refractivity contribution in [1.29, 1.82) is 0 Å². The fourth-order valence-electron chi connectivity index (χ4n) is 0.249. The van der Waals surface area contributed by atoms with Crippen LogP contribution in [0.4, 0.5) is 0 Å². The second kappa shape index (κ2) is 2.03. The first-order valence-corrected chi connectivity index (χ1v) is 2.73. The van der Waals surface area contributed by atoms with Gasteiger partial charge in [-0.15, -0.1) is 11.8 Å². The summed E-state index contributed by atoms with van der Waals surface area (Å²) in [5.41, 5.74) is 0. The lowest BCUT2D eigenvalue weighted by Crippen LogP contribution is -1.74. The maximum Gasteiger partial charge on any atom is 0.0892 e. The topological polar surface area (TPSA) is 12.4 Å². The molecule has 1 aliphatic rings. The Labute approximate surface area is 41.2 Å². The first-order valence-electron chi connectivity index (χ1n) is 1.69. The van der Waals surface area contributed by atoms with Crippen molar-refractivity contribution < 1.29 is 0 Å². The van der Waals surface area contributed by atoms with Gasteiger partial charge in [-0.3, -0.25) is 4.99 Å². The Bertz CT molecular complexity index is 73.5. The molecule has 6 heavy (non-hydrogen) atoms. The van der Waals surface area contributed by atoms with E-state index in [1.54, 1.807) is 11.8 Å². The second-order valence-electron chi connectivity index (χ2n) is 0.886. The van der Waals surface area contributed by atoms with Crippen LogP contribution in [0, 0.1) is 0 Å². The Morgan fingerprint density at radius 3 is 3.00 bits per heavy atom. The van der Waals surface area contributed by atoms with Crippen LogP contribution in [0.15, 0.2) is 16.5 Å². The van der Waals surface area contributed by atoms with E-state index in [0.29, 0.717) is 0 Å². The zero-order chi connectivity index (χ0) is 4.24. The Morgan fingerprint density at radius 2 is 2.83 bits per heavy atom. The zero-order valence-electron chi connectivity index (χ0n) is 3.22. The number of aliphatic imine (C=N–C) groups is 1. The second-order valence-corrected chi connectivity index (χ2v) is 1.75. The van der Waals surface area contributed by atoms with E-state index in [-0.39, 0.29) is 0 Å². The third-order valence-electron chi connectivity index (χ3n) is 0.469. The van der Waals surface area contributed by atoms with Gasteiger partial charge in [-0.05, 0) is 11.5 Å². The van der Waals surface area contributed by atoms with Crippen molar-refractivity contribution in [3.05, 3.63) is 11.5 Å². The van der Waals surface area contributed by atoms with Gasteiger partial charge >= 0.3 is 0 Å². The van der Waals surface area contributed by atoms with Gasteiger partial charge in [0.15, 0.2) is 0 Å². The molecule has 0 saturated heterocycles. The van der Waals surface area contributed by atoms with Gasteiger partial charge in [-0.25, -0.2) is 0 Å². The SMILES string of the molecule is [C]1=NCSC=C1. The number of allylic oxidation sites excluding steroid dienone is 1. The summed E-state index contributed by atoms with van der Waals surface area (Å²) in [6.45, 7) is 0. The number of hydrogen-bond acceptors (Lipinski definition) is 2. The van der Waals surface area contributed by atoms with Crippen LogP contribution < -0.4 is 0 Å². The molecule has 0 atom stereocenters. The maximum atomic E-state index is 3.80. The highest BCUT2D eigenvalue weighted by molar-refractivity contribution is 8.02. The maximum absolute atomic E-state index is 3.80. The molecule has 1 rings (SSSR count). The highest BCUT2D eigenvalue weighted by Gasteiger charge is 1.79. The molecule has 0 unspecified atom stereocenters. The third kappa shape index (κ3) is 0.863. The minimum absolute atomic E-state index is 0.844. The minimum atomic E-state index is 0.844. The Balaban J connectivity index is 2.46. The van der Waals surface area contributed by atoms with Gasteiger partial charge < -0.3 is 0 Å². The van der Waals surface area contributed by atoms with Crippen LogP contribution >= 0.6 is 11.8 Å².